The van der Waals surface area contributed by atoms with Crippen molar-refractivity contribution in [2.45, 2.75) is 46.1 Å². The van der Waals surface area contributed by atoms with Crippen LogP contribution in [0.2, 0.25) is 0 Å². The van der Waals surface area contributed by atoms with E-state index in [4.69, 9.17) is 14.2 Å². The fourth-order valence-electron chi connectivity index (χ4n) is 6.32. The molecule has 0 unspecified atom stereocenters. The lowest BCUT2D eigenvalue weighted by Gasteiger charge is -2.30. The highest BCUT2D eigenvalue weighted by Gasteiger charge is 2.38. The van der Waals surface area contributed by atoms with E-state index in [9.17, 15) is 15.8 Å². The van der Waals surface area contributed by atoms with E-state index in [1.165, 1.54) is 11.1 Å². The first-order valence-electron chi connectivity index (χ1n) is 16.3. The van der Waals surface area contributed by atoms with Gasteiger partial charge in [-0.05, 0) is 109 Å². The number of nitrogens with zero attached hydrogens (tertiary/aromatic N) is 4. The van der Waals surface area contributed by atoms with Crippen molar-refractivity contribution in [1.29, 1.82) is 15.8 Å². The number of rotatable bonds is 9. The summed E-state index contributed by atoms with van der Waals surface area (Å²) in [7, 11) is 3.33. The molecule has 0 amide bonds. The van der Waals surface area contributed by atoms with Gasteiger partial charge in [0.25, 0.3) is 0 Å². The lowest BCUT2D eigenvalue weighted by atomic mass is 9.75. The Labute approximate surface area is 295 Å². The maximum absolute atomic E-state index is 9.85. The van der Waals surface area contributed by atoms with Gasteiger partial charge in [0.15, 0.2) is 11.3 Å². The second-order valence-corrected chi connectivity index (χ2v) is 13.4. The summed E-state index contributed by atoms with van der Waals surface area (Å²) in [6.45, 7) is 8.18. The number of hydrogen-bond donors (Lipinski definition) is 0. The monoisotopic (exact) mass is 660 g/mol. The van der Waals surface area contributed by atoms with E-state index in [-0.39, 0.29) is 22.3 Å². The molecule has 7 heteroatoms. The molecule has 0 atom stereocenters. The molecule has 1 aliphatic carbocycles. The Morgan fingerprint density at radius 2 is 1.28 bits per heavy atom. The van der Waals surface area contributed by atoms with E-state index < -0.39 is 5.60 Å². The van der Waals surface area contributed by atoms with E-state index in [2.05, 4.69) is 73.4 Å². The van der Waals surface area contributed by atoms with Gasteiger partial charge in [0.2, 0.25) is 0 Å². The second-order valence-electron chi connectivity index (χ2n) is 13.4. The Morgan fingerprint density at radius 3 is 1.78 bits per heavy atom. The first-order valence-corrected chi connectivity index (χ1v) is 16.3. The maximum atomic E-state index is 9.85. The topological polar surface area (TPSA) is 102 Å². The van der Waals surface area contributed by atoms with Gasteiger partial charge >= 0.3 is 0 Å². The summed E-state index contributed by atoms with van der Waals surface area (Å²) in [4.78, 5) is 2.20. The van der Waals surface area contributed by atoms with Gasteiger partial charge in [-0.3, -0.25) is 0 Å². The molecule has 5 rings (SSSR count). The maximum Gasteiger partial charge on any atom is 0.172 e. The molecule has 1 heterocycles. The largest absolute Gasteiger partial charge is 0.497 e. The third-order valence-electron chi connectivity index (χ3n) is 8.68. The molecule has 0 N–H and O–H groups in total. The highest BCUT2D eigenvalue weighted by Crippen LogP contribution is 2.42. The average Bonchev–Trinajstić information content (AvgIpc) is 3.37. The SMILES string of the molecule is COc1ccc(N(c2ccc(/C=C/C3=CC(=C/C=C/C4=C(C#N)C(=C(C#N)C#N)OC4(C)C)/CC(C)(C)C3)cc2)c2ccc(OC)cc2)cc1. The minimum atomic E-state index is -0.847. The van der Waals surface area contributed by atoms with Crippen LogP contribution in [0.1, 0.15) is 46.1 Å². The van der Waals surface area contributed by atoms with Gasteiger partial charge in [-0.2, -0.15) is 15.8 Å². The number of nitriles is 3. The summed E-state index contributed by atoms with van der Waals surface area (Å²) in [6, 6.07) is 30.3. The highest BCUT2D eigenvalue weighted by atomic mass is 16.5. The third kappa shape index (κ3) is 7.90. The van der Waals surface area contributed by atoms with Gasteiger partial charge in [-0.25, -0.2) is 0 Å². The number of benzene rings is 3. The quantitative estimate of drug-likeness (QED) is 0.210. The fourth-order valence-corrected chi connectivity index (χ4v) is 6.32. The predicted octanol–water partition coefficient (Wildman–Crippen LogP) is 10.3. The molecule has 3 aromatic carbocycles. The zero-order chi connectivity index (χ0) is 35.9. The van der Waals surface area contributed by atoms with Crippen molar-refractivity contribution in [3.8, 4) is 29.7 Å². The van der Waals surface area contributed by atoms with Gasteiger partial charge in [0, 0.05) is 22.6 Å². The van der Waals surface area contributed by atoms with Crippen LogP contribution in [0.3, 0.4) is 0 Å². The van der Waals surface area contributed by atoms with Gasteiger partial charge in [0.05, 0.1) is 14.2 Å². The van der Waals surface area contributed by atoms with Gasteiger partial charge in [0.1, 0.15) is 40.9 Å². The molecule has 0 bridgehead atoms. The van der Waals surface area contributed by atoms with Crippen LogP contribution in [0, 0.1) is 39.4 Å². The zero-order valence-electron chi connectivity index (χ0n) is 29.3. The Bertz CT molecular complexity index is 1990. The average molecular weight is 661 g/mol. The van der Waals surface area contributed by atoms with Gasteiger partial charge < -0.3 is 19.1 Å². The number of methoxy groups -OCH3 is 2. The predicted molar refractivity (Wildman–Crippen MR) is 198 cm³/mol. The van der Waals surface area contributed by atoms with E-state index in [0.29, 0.717) is 5.57 Å². The molecule has 0 aromatic heterocycles. The summed E-state index contributed by atoms with van der Waals surface area (Å²) < 4.78 is 16.7. The van der Waals surface area contributed by atoms with E-state index in [1.54, 1.807) is 14.2 Å². The summed E-state index contributed by atoms with van der Waals surface area (Å²) >= 11 is 0. The van der Waals surface area contributed by atoms with Crippen molar-refractivity contribution in [2.75, 3.05) is 19.1 Å². The van der Waals surface area contributed by atoms with Crippen LogP contribution in [0.15, 0.2) is 137 Å². The summed E-state index contributed by atoms with van der Waals surface area (Å²) in [5, 5.41) is 28.6. The molecule has 0 radical (unpaired) electrons. The minimum absolute atomic E-state index is 0.0446. The van der Waals surface area contributed by atoms with Crippen molar-refractivity contribution >= 4 is 23.1 Å². The van der Waals surface area contributed by atoms with Crippen molar-refractivity contribution in [3.63, 3.8) is 0 Å². The van der Waals surface area contributed by atoms with Crippen molar-refractivity contribution in [2.24, 2.45) is 5.41 Å². The first kappa shape index (κ1) is 35.1. The molecule has 0 saturated carbocycles. The smallest absolute Gasteiger partial charge is 0.172 e. The lowest BCUT2D eigenvalue weighted by molar-refractivity contribution is 0.0954. The van der Waals surface area contributed by atoms with Crippen LogP contribution >= 0.6 is 0 Å². The normalized spacial score (nSPS) is 17.1. The Morgan fingerprint density at radius 1 is 0.740 bits per heavy atom. The summed E-state index contributed by atoms with van der Waals surface area (Å²) in [5.74, 6) is 1.64. The molecule has 0 saturated heterocycles. The van der Waals surface area contributed by atoms with Gasteiger partial charge in [-0.15, -0.1) is 0 Å². The highest BCUT2D eigenvalue weighted by molar-refractivity contribution is 5.77. The number of allylic oxidation sites excluding steroid dienone is 8. The molecule has 50 heavy (non-hydrogen) atoms. The molecule has 3 aromatic rings. The van der Waals surface area contributed by atoms with Crippen molar-refractivity contribution in [1.82, 2.24) is 0 Å². The number of hydrogen-bond acceptors (Lipinski definition) is 7. The molecular weight excluding hydrogens is 620 g/mol. The number of ether oxygens (including phenoxy) is 3. The molecule has 1 aliphatic heterocycles. The summed E-state index contributed by atoms with van der Waals surface area (Å²) in [6.07, 6.45) is 14.2. The zero-order valence-corrected chi connectivity index (χ0v) is 29.3. The second kappa shape index (κ2) is 14.9. The van der Waals surface area contributed by atoms with Crippen LogP contribution in [-0.2, 0) is 4.74 Å². The molecule has 7 nitrogen and oxygen atoms in total. The van der Waals surface area contributed by atoms with E-state index >= 15 is 0 Å². The van der Waals surface area contributed by atoms with Crippen molar-refractivity contribution in [3.05, 3.63) is 142 Å². The first-order chi connectivity index (χ1) is 24.0. The fraction of sp³-hybridized carbons (Fsp3) is 0.233. The Balaban J connectivity index is 1.39. The minimum Gasteiger partial charge on any atom is -0.497 e. The summed E-state index contributed by atoms with van der Waals surface area (Å²) in [5.41, 5.74) is 6.39. The van der Waals surface area contributed by atoms with Crippen LogP contribution in [0.4, 0.5) is 17.1 Å². The van der Waals surface area contributed by atoms with E-state index in [1.807, 2.05) is 86.7 Å². The molecule has 0 fully saturated rings. The van der Waals surface area contributed by atoms with E-state index in [0.717, 1.165) is 47.0 Å². The molecular formula is C43H40N4O3. The van der Waals surface area contributed by atoms with Gasteiger partial charge in [-0.1, -0.05) is 62.4 Å². The molecule has 0 spiro atoms. The van der Waals surface area contributed by atoms with Crippen LogP contribution < -0.4 is 14.4 Å². The van der Waals surface area contributed by atoms with Crippen LogP contribution in [0.5, 0.6) is 11.5 Å². The van der Waals surface area contributed by atoms with Crippen LogP contribution in [-0.4, -0.2) is 19.8 Å². The molecule has 2 aliphatic rings. The Kier molecular flexibility index (Phi) is 10.5. The lowest BCUT2D eigenvalue weighted by Crippen LogP contribution is -2.20. The molecule has 250 valence electrons. The third-order valence-corrected chi connectivity index (χ3v) is 8.68. The standard InChI is InChI=1S/C43H40N4O3/c1-42(2)25-31(8-7-9-40-39(29-46)41(33(27-44)28-45)50-43(40,3)4)24-32(26-42)11-10-30-12-14-34(15-13-30)47(35-16-20-37(48-5)21-17-35)36-18-22-38(49-6)23-19-36/h7-24H,25-26H2,1-6H3/b9-7+,11-10+,31-8-. The number of anilines is 3. The van der Waals surface area contributed by atoms with Crippen LogP contribution in [0.25, 0.3) is 6.08 Å². The van der Waals surface area contributed by atoms with Crippen molar-refractivity contribution < 1.29 is 14.2 Å². The Hall–Kier alpha value is -6.23.